The first-order valence-corrected chi connectivity index (χ1v) is 10.7. The van der Waals surface area contributed by atoms with Gasteiger partial charge in [-0.2, -0.15) is 0 Å². The fraction of sp³-hybridized carbons (Fsp3) is 0.652. The smallest absolute Gasteiger partial charge is 0.322 e. The lowest BCUT2D eigenvalue weighted by Gasteiger charge is -2.42. The van der Waals surface area contributed by atoms with E-state index in [9.17, 15) is 9.59 Å². The highest BCUT2D eigenvalue weighted by atomic mass is 16.5. The molecule has 1 spiro atoms. The van der Waals surface area contributed by atoms with E-state index < -0.39 is 5.54 Å². The average Bonchev–Trinajstić information content (AvgIpc) is 3.41. The van der Waals surface area contributed by atoms with Gasteiger partial charge in [0.25, 0.3) is 5.91 Å². The highest BCUT2D eigenvalue weighted by molar-refractivity contribution is 6.08. The maximum absolute atomic E-state index is 13.2. The Balaban J connectivity index is 1.72. The maximum Gasteiger partial charge on any atom is 0.322 e. The molecule has 3 atom stereocenters. The fourth-order valence-electron chi connectivity index (χ4n) is 5.30. The van der Waals surface area contributed by atoms with Gasteiger partial charge < -0.3 is 10.1 Å². The van der Waals surface area contributed by atoms with Crippen LogP contribution in [0.4, 0.5) is 4.79 Å². The summed E-state index contributed by atoms with van der Waals surface area (Å²) in [4.78, 5) is 25.5. The van der Waals surface area contributed by atoms with Gasteiger partial charge in [-0.15, -0.1) is 0 Å². The first kappa shape index (κ1) is 19.4. The minimum absolute atomic E-state index is 0.124. The van der Waals surface area contributed by atoms with Crippen molar-refractivity contribution < 1.29 is 14.3 Å². The Morgan fingerprint density at radius 2 is 2.07 bits per heavy atom. The average molecular weight is 385 g/mol. The van der Waals surface area contributed by atoms with Crippen LogP contribution in [0, 0.1) is 11.3 Å². The van der Waals surface area contributed by atoms with Gasteiger partial charge in [-0.25, -0.2) is 4.79 Å². The number of hydrogen-bond donors (Lipinski definition) is 2. The molecule has 152 valence electrons. The number of amides is 3. The molecule has 28 heavy (non-hydrogen) atoms. The first-order chi connectivity index (χ1) is 13.4. The monoisotopic (exact) mass is 384 g/mol. The van der Waals surface area contributed by atoms with Crippen molar-refractivity contribution in [3.63, 3.8) is 0 Å². The van der Waals surface area contributed by atoms with Crippen molar-refractivity contribution >= 4 is 11.9 Å². The summed E-state index contributed by atoms with van der Waals surface area (Å²) >= 11 is 0. The summed E-state index contributed by atoms with van der Waals surface area (Å²) < 4.78 is 5.47. The number of carbonyl (C=O) groups is 2. The lowest BCUT2D eigenvalue weighted by molar-refractivity contribution is -0.129. The minimum atomic E-state index is -0.961. The normalized spacial score (nSPS) is 29.7. The Labute approximate surface area is 167 Å². The van der Waals surface area contributed by atoms with E-state index in [1.165, 1.54) is 30.4 Å². The highest BCUT2D eigenvalue weighted by Gasteiger charge is 2.64. The van der Waals surface area contributed by atoms with Gasteiger partial charge in [0.2, 0.25) is 0 Å². The second-order valence-corrected chi connectivity index (χ2v) is 9.03. The van der Waals surface area contributed by atoms with Gasteiger partial charge in [0.1, 0.15) is 0 Å². The molecular formula is C23H32N2O3. The van der Waals surface area contributed by atoms with Gasteiger partial charge in [-0.1, -0.05) is 38.0 Å². The van der Waals surface area contributed by atoms with Crippen LogP contribution in [0.3, 0.4) is 0 Å². The zero-order chi connectivity index (χ0) is 19.9. The molecule has 0 bridgehead atoms. The second-order valence-electron chi connectivity index (χ2n) is 9.03. The molecule has 0 radical (unpaired) electrons. The lowest BCUT2D eigenvalue weighted by Crippen LogP contribution is -2.55. The summed E-state index contributed by atoms with van der Waals surface area (Å²) in [7, 11) is 1.72. The highest BCUT2D eigenvalue weighted by Crippen LogP contribution is 2.56. The summed E-state index contributed by atoms with van der Waals surface area (Å²) in [6.07, 6.45) is 8.41. The van der Waals surface area contributed by atoms with E-state index >= 15 is 0 Å². The number of methoxy groups -OCH3 is 1. The Morgan fingerprint density at radius 1 is 1.29 bits per heavy atom. The van der Waals surface area contributed by atoms with Gasteiger partial charge in [-0.3, -0.25) is 10.1 Å². The van der Waals surface area contributed by atoms with Crippen LogP contribution in [-0.2, 0) is 27.9 Å². The number of imide groups is 1. The van der Waals surface area contributed by atoms with E-state index in [0.717, 1.165) is 43.6 Å². The molecule has 2 N–H and O–H groups in total. The SMILES string of the molecule is CCC1(CCC(C)OC)Cc2ccc(CCC3CC3)cc2C12NC(=O)NC2=O. The van der Waals surface area contributed by atoms with Crippen LogP contribution in [-0.4, -0.2) is 25.2 Å². The van der Waals surface area contributed by atoms with Gasteiger partial charge in [-0.05, 0) is 68.1 Å². The quantitative estimate of drug-likeness (QED) is 0.670. The van der Waals surface area contributed by atoms with Crippen molar-refractivity contribution in [2.24, 2.45) is 11.3 Å². The van der Waals surface area contributed by atoms with E-state index in [2.05, 4.69) is 42.7 Å². The molecule has 4 rings (SSSR count). The van der Waals surface area contributed by atoms with Gasteiger partial charge in [0.05, 0.1) is 6.10 Å². The van der Waals surface area contributed by atoms with E-state index in [4.69, 9.17) is 4.74 Å². The molecule has 1 saturated heterocycles. The van der Waals surface area contributed by atoms with Crippen molar-refractivity contribution in [3.05, 3.63) is 34.9 Å². The molecule has 3 amide bonds. The maximum atomic E-state index is 13.2. The number of urea groups is 1. The van der Waals surface area contributed by atoms with E-state index in [0.29, 0.717) is 0 Å². The molecule has 5 heteroatoms. The topological polar surface area (TPSA) is 67.4 Å². The molecule has 1 aromatic carbocycles. The number of ether oxygens (including phenoxy) is 1. The lowest BCUT2D eigenvalue weighted by atomic mass is 9.65. The molecule has 1 aliphatic heterocycles. The largest absolute Gasteiger partial charge is 0.382 e. The summed E-state index contributed by atoms with van der Waals surface area (Å²) in [6.45, 7) is 4.19. The number of hydrogen-bond acceptors (Lipinski definition) is 3. The van der Waals surface area contributed by atoms with E-state index in [-0.39, 0.29) is 23.5 Å². The summed E-state index contributed by atoms with van der Waals surface area (Å²) in [6, 6.07) is 6.22. The van der Waals surface area contributed by atoms with Crippen LogP contribution in [0.1, 0.15) is 69.1 Å². The molecule has 2 aliphatic carbocycles. The van der Waals surface area contributed by atoms with E-state index in [1.807, 2.05) is 0 Å². The number of nitrogens with one attached hydrogen (secondary N) is 2. The predicted octanol–water partition coefficient (Wildman–Crippen LogP) is 3.83. The van der Waals surface area contributed by atoms with Crippen LogP contribution in [0.15, 0.2) is 18.2 Å². The minimum Gasteiger partial charge on any atom is -0.382 e. The molecule has 0 aromatic heterocycles. The molecule has 1 heterocycles. The van der Waals surface area contributed by atoms with Crippen LogP contribution >= 0.6 is 0 Å². The molecule has 2 fully saturated rings. The number of fused-ring (bicyclic) bond motifs is 2. The Bertz CT molecular complexity index is 788. The van der Waals surface area contributed by atoms with Crippen molar-refractivity contribution in [3.8, 4) is 0 Å². The van der Waals surface area contributed by atoms with Gasteiger partial charge in [0, 0.05) is 12.5 Å². The summed E-state index contributed by atoms with van der Waals surface area (Å²) in [5.74, 6) is 0.685. The second kappa shape index (κ2) is 7.18. The van der Waals surface area contributed by atoms with Crippen molar-refractivity contribution in [1.29, 1.82) is 0 Å². The molecular weight excluding hydrogens is 352 g/mol. The number of benzene rings is 1. The zero-order valence-electron chi connectivity index (χ0n) is 17.3. The number of carbonyl (C=O) groups excluding carboxylic acids is 2. The molecule has 3 unspecified atom stereocenters. The molecule has 1 aromatic rings. The summed E-state index contributed by atoms with van der Waals surface area (Å²) in [5, 5.41) is 5.62. The van der Waals surface area contributed by atoms with Crippen molar-refractivity contribution in [2.75, 3.05) is 7.11 Å². The number of rotatable bonds is 8. The standard InChI is InChI=1S/C23H32N2O3/c1-4-22(12-11-15(2)28-3)14-18-10-9-17(8-7-16-5-6-16)13-19(18)23(22)20(26)24-21(27)25-23/h9-10,13,15-16H,4-8,11-12,14H2,1-3H3,(H2,24,25,26,27). The van der Waals surface area contributed by atoms with Gasteiger partial charge >= 0.3 is 6.03 Å². The Hall–Kier alpha value is -1.88. The van der Waals surface area contributed by atoms with E-state index in [1.54, 1.807) is 7.11 Å². The molecule has 5 nitrogen and oxygen atoms in total. The predicted molar refractivity (Wildman–Crippen MR) is 108 cm³/mol. The van der Waals surface area contributed by atoms with Crippen LogP contribution in [0.2, 0.25) is 0 Å². The third-order valence-electron chi connectivity index (χ3n) is 7.42. The van der Waals surface area contributed by atoms with Crippen LogP contribution < -0.4 is 10.6 Å². The van der Waals surface area contributed by atoms with Gasteiger partial charge in [0.15, 0.2) is 5.54 Å². The van der Waals surface area contributed by atoms with Crippen LogP contribution in [0.25, 0.3) is 0 Å². The Morgan fingerprint density at radius 3 is 2.68 bits per heavy atom. The third kappa shape index (κ3) is 3.04. The molecule has 1 saturated carbocycles. The molecule has 3 aliphatic rings. The summed E-state index contributed by atoms with van der Waals surface area (Å²) in [5.41, 5.74) is 2.19. The Kier molecular flexibility index (Phi) is 4.98. The number of aryl methyl sites for hydroxylation is 1. The first-order valence-electron chi connectivity index (χ1n) is 10.7. The van der Waals surface area contributed by atoms with Crippen molar-refractivity contribution in [2.45, 2.75) is 76.9 Å². The van der Waals surface area contributed by atoms with Crippen molar-refractivity contribution in [1.82, 2.24) is 10.6 Å². The zero-order valence-corrected chi connectivity index (χ0v) is 17.3. The fourth-order valence-corrected chi connectivity index (χ4v) is 5.30. The third-order valence-corrected chi connectivity index (χ3v) is 7.42. The van der Waals surface area contributed by atoms with Crippen LogP contribution in [0.5, 0.6) is 0 Å².